The van der Waals surface area contributed by atoms with E-state index in [1.54, 1.807) is 0 Å². The van der Waals surface area contributed by atoms with Gasteiger partial charge in [-0.05, 0) is 51.1 Å². The molecule has 0 saturated heterocycles. The van der Waals surface area contributed by atoms with E-state index in [0.29, 0.717) is 10.0 Å². The molecule has 0 spiro atoms. The SMILES string of the molecule is CN(C)C1(C(Cc2c(Cl)cccc2Cl)NN)CCCCC1. The quantitative estimate of drug-likeness (QED) is 0.640. The predicted octanol–water partition coefficient (Wildman–Crippen LogP) is 3.63. The van der Waals surface area contributed by atoms with Gasteiger partial charge < -0.3 is 4.90 Å². The first kappa shape index (κ1) is 17.0. The van der Waals surface area contributed by atoms with Gasteiger partial charge in [0.2, 0.25) is 0 Å². The van der Waals surface area contributed by atoms with Gasteiger partial charge in [-0.15, -0.1) is 0 Å². The van der Waals surface area contributed by atoms with E-state index >= 15 is 0 Å². The van der Waals surface area contributed by atoms with Crippen LogP contribution in [0.5, 0.6) is 0 Å². The third-order valence-electron chi connectivity index (χ3n) is 4.93. The van der Waals surface area contributed by atoms with Crippen LogP contribution < -0.4 is 11.3 Å². The number of nitrogens with zero attached hydrogens (tertiary/aromatic N) is 1. The number of benzene rings is 1. The fourth-order valence-corrected chi connectivity index (χ4v) is 4.16. The Balaban J connectivity index is 2.29. The molecule has 1 aromatic rings. The highest BCUT2D eigenvalue weighted by Crippen LogP contribution is 2.37. The van der Waals surface area contributed by atoms with Gasteiger partial charge >= 0.3 is 0 Å². The van der Waals surface area contributed by atoms with Crippen molar-refractivity contribution in [3.8, 4) is 0 Å². The third kappa shape index (κ3) is 3.54. The number of hydrazine groups is 1. The molecule has 1 saturated carbocycles. The lowest BCUT2D eigenvalue weighted by Crippen LogP contribution is -2.62. The maximum atomic E-state index is 6.33. The van der Waals surface area contributed by atoms with Crippen molar-refractivity contribution in [2.75, 3.05) is 14.1 Å². The zero-order valence-electron chi connectivity index (χ0n) is 12.8. The van der Waals surface area contributed by atoms with Crippen LogP contribution in [0.15, 0.2) is 18.2 Å². The molecule has 5 heteroatoms. The standard InChI is InChI=1S/C16H25Cl2N3/c1-21(2)16(9-4-3-5-10-16)15(20-19)11-12-13(17)7-6-8-14(12)18/h6-8,15,20H,3-5,9-11,19H2,1-2H3. The summed E-state index contributed by atoms with van der Waals surface area (Å²) in [5.74, 6) is 5.91. The highest BCUT2D eigenvalue weighted by atomic mass is 35.5. The fraction of sp³-hybridized carbons (Fsp3) is 0.625. The van der Waals surface area contributed by atoms with Gasteiger partial charge in [-0.2, -0.15) is 0 Å². The maximum Gasteiger partial charge on any atom is 0.0453 e. The number of nitrogens with one attached hydrogen (secondary N) is 1. The summed E-state index contributed by atoms with van der Waals surface area (Å²) in [6, 6.07) is 5.78. The summed E-state index contributed by atoms with van der Waals surface area (Å²) in [4.78, 5) is 2.32. The maximum absolute atomic E-state index is 6.33. The van der Waals surface area contributed by atoms with Crippen LogP contribution in [0.4, 0.5) is 0 Å². The van der Waals surface area contributed by atoms with Crippen LogP contribution in [-0.2, 0) is 6.42 Å². The van der Waals surface area contributed by atoms with E-state index in [9.17, 15) is 0 Å². The molecule has 1 aliphatic rings. The zero-order chi connectivity index (χ0) is 15.5. The summed E-state index contributed by atoms with van der Waals surface area (Å²) >= 11 is 12.7. The average Bonchev–Trinajstić information content (AvgIpc) is 2.47. The molecule has 0 amide bonds. The fourth-order valence-electron chi connectivity index (χ4n) is 3.61. The Kier molecular flexibility index (Phi) is 5.92. The Morgan fingerprint density at radius 1 is 1.19 bits per heavy atom. The van der Waals surface area contributed by atoms with E-state index in [1.165, 1.54) is 19.3 Å². The van der Waals surface area contributed by atoms with Gasteiger partial charge in [-0.1, -0.05) is 48.5 Å². The van der Waals surface area contributed by atoms with E-state index in [2.05, 4.69) is 24.4 Å². The molecule has 0 radical (unpaired) electrons. The van der Waals surface area contributed by atoms with E-state index < -0.39 is 0 Å². The molecule has 0 aliphatic heterocycles. The molecular formula is C16H25Cl2N3. The van der Waals surface area contributed by atoms with E-state index in [1.807, 2.05) is 18.2 Å². The van der Waals surface area contributed by atoms with Gasteiger partial charge in [0, 0.05) is 21.6 Å². The summed E-state index contributed by atoms with van der Waals surface area (Å²) < 4.78 is 0. The Hall–Kier alpha value is -0.320. The summed E-state index contributed by atoms with van der Waals surface area (Å²) in [5, 5.41) is 1.43. The second kappa shape index (κ2) is 7.30. The normalized spacial score (nSPS) is 19.7. The number of rotatable bonds is 5. The van der Waals surface area contributed by atoms with Gasteiger partial charge in [0.25, 0.3) is 0 Å². The van der Waals surface area contributed by atoms with Gasteiger partial charge in [0.1, 0.15) is 0 Å². The van der Waals surface area contributed by atoms with Crippen LogP contribution in [0.1, 0.15) is 37.7 Å². The van der Waals surface area contributed by atoms with Crippen LogP contribution in [0.3, 0.4) is 0 Å². The summed E-state index contributed by atoms with van der Waals surface area (Å²) in [7, 11) is 4.29. The van der Waals surface area contributed by atoms with Crippen molar-refractivity contribution in [3.63, 3.8) is 0 Å². The van der Waals surface area contributed by atoms with Gasteiger partial charge in [0.05, 0.1) is 0 Å². The van der Waals surface area contributed by atoms with Crippen LogP contribution >= 0.6 is 23.2 Å². The minimum absolute atomic E-state index is 0.0650. The topological polar surface area (TPSA) is 41.3 Å². The molecule has 1 fully saturated rings. The average molecular weight is 330 g/mol. The van der Waals surface area contributed by atoms with Crippen molar-refractivity contribution in [2.45, 2.75) is 50.1 Å². The number of hydrogen-bond acceptors (Lipinski definition) is 3. The van der Waals surface area contributed by atoms with Crippen molar-refractivity contribution in [1.82, 2.24) is 10.3 Å². The molecule has 3 N–H and O–H groups in total. The molecule has 1 aromatic carbocycles. The lowest BCUT2D eigenvalue weighted by molar-refractivity contribution is 0.0569. The largest absolute Gasteiger partial charge is 0.302 e. The van der Waals surface area contributed by atoms with Crippen molar-refractivity contribution in [3.05, 3.63) is 33.8 Å². The molecule has 0 heterocycles. The summed E-state index contributed by atoms with van der Waals surface area (Å²) in [5.41, 5.74) is 4.08. The molecular weight excluding hydrogens is 305 g/mol. The van der Waals surface area contributed by atoms with Crippen LogP contribution in [0.25, 0.3) is 0 Å². The van der Waals surface area contributed by atoms with Crippen LogP contribution in [0.2, 0.25) is 10.0 Å². The lowest BCUT2D eigenvalue weighted by Gasteiger charge is -2.48. The van der Waals surface area contributed by atoms with Crippen molar-refractivity contribution >= 4 is 23.2 Å². The van der Waals surface area contributed by atoms with Crippen molar-refractivity contribution in [1.29, 1.82) is 0 Å². The first-order chi connectivity index (χ1) is 10.0. The van der Waals surface area contributed by atoms with Crippen molar-refractivity contribution in [2.24, 2.45) is 5.84 Å². The molecule has 3 nitrogen and oxygen atoms in total. The minimum atomic E-state index is 0.0650. The smallest absolute Gasteiger partial charge is 0.0453 e. The Morgan fingerprint density at radius 3 is 2.24 bits per heavy atom. The first-order valence-electron chi connectivity index (χ1n) is 7.57. The Bertz CT molecular complexity index is 450. The summed E-state index contributed by atoms with van der Waals surface area (Å²) in [6.45, 7) is 0. The molecule has 0 aromatic heterocycles. The van der Waals surface area contributed by atoms with Gasteiger partial charge in [-0.3, -0.25) is 11.3 Å². The minimum Gasteiger partial charge on any atom is -0.302 e. The monoisotopic (exact) mass is 329 g/mol. The predicted molar refractivity (Wildman–Crippen MR) is 90.8 cm³/mol. The third-order valence-corrected chi connectivity index (χ3v) is 5.64. The molecule has 2 rings (SSSR count). The highest BCUT2D eigenvalue weighted by Gasteiger charge is 2.41. The second-order valence-electron chi connectivity index (χ2n) is 6.18. The Morgan fingerprint density at radius 2 is 1.76 bits per heavy atom. The van der Waals surface area contributed by atoms with Gasteiger partial charge in [0.15, 0.2) is 0 Å². The highest BCUT2D eigenvalue weighted by molar-refractivity contribution is 6.36. The molecule has 1 atom stereocenters. The first-order valence-corrected chi connectivity index (χ1v) is 8.33. The molecule has 1 unspecified atom stereocenters. The Labute approximate surface area is 137 Å². The van der Waals surface area contributed by atoms with Crippen LogP contribution in [-0.4, -0.2) is 30.6 Å². The summed E-state index contributed by atoms with van der Waals surface area (Å²) in [6.07, 6.45) is 6.83. The molecule has 1 aliphatic carbocycles. The second-order valence-corrected chi connectivity index (χ2v) is 7.00. The number of hydrogen-bond donors (Lipinski definition) is 2. The molecule has 0 bridgehead atoms. The van der Waals surface area contributed by atoms with E-state index in [4.69, 9.17) is 29.0 Å². The molecule has 21 heavy (non-hydrogen) atoms. The number of nitrogens with two attached hydrogens (primary N) is 1. The van der Waals surface area contributed by atoms with E-state index in [0.717, 1.165) is 24.8 Å². The van der Waals surface area contributed by atoms with Gasteiger partial charge in [-0.25, -0.2) is 0 Å². The lowest BCUT2D eigenvalue weighted by atomic mass is 9.73. The number of halogens is 2. The van der Waals surface area contributed by atoms with E-state index in [-0.39, 0.29) is 11.6 Å². The van der Waals surface area contributed by atoms with Crippen LogP contribution in [0, 0.1) is 0 Å². The zero-order valence-corrected chi connectivity index (χ0v) is 14.3. The number of likely N-dealkylation sites (N-methyl/N-ethyl adjacent to an activating group) is 1. The van der Waals surface area contributed by atoms with Crippen molar-refractivity contribution < 1.29 is 0 Å². The molecule has 118 valence electrons.